The number of nitrogens with one attached hydrogen (secondary N) is 1. The average molecular weight is 299 g/mol. The number of nitro benzene ring substituents is 1. The van der Waals surface area contributed by atoms with Crippen molar-refractivity contribution in [2.45, 2.75) is 13.3 Å². The largest absolute Gasteiger partial charge is 0.508 e. The van der Waals surface area contributed by atoms with Crippen LogP contribution in [-0.2, 0) is 6.42 Å². The highest BCUT2D eigenvalue weighted by Crippen LogP contribution is 2.38. The van der Waals surface area contributed by atoms with Gasteiger partial charge in [-0.15, -0.1) is 0 Å². The predicted molar refractivity (Wildman–Crippen MR) is 80.9 cm³/mol. The lowest BCUT2D eigenvalue weighted by atomic mass is 10.0. The van der Waals surface area contributed by atoms with E-state index in [9.17, 15) is 20.3 Å². The molecule has 0 aliphatic heterocycles. The van der Waals surface area contributed by atoms with Crippen molar-refractivity contribution in [3.8, 4) is 22.8 Å². The number of benzene rings is 2. The molecule has 22 heavy (non-hydrogen) atoms. The van der Waals surface area contributed by atoms with Crippen LogP contribution in [0.15, 0.2) is 30.3 Å². The fourth-order valence-corrected chi connectivity index (χ4v) is 2.42. The van der Waals surface area contributed by atoms with Gasteiger partial charge in [-0.25, -0.2) is 0 Å². The van der Waals surface area contributed by atoms with Crippen molar-refractivity contribution in [2.24, 2.45) is 0 Å². The van der Waals surface area contributed by atoms with Gasteiger partial charge in [0.1, 0.15) is 17.2 Å². The fraction of sp³-hybridized carbons (Fsp3) is 0.133. The Kier molecular flexibility index (Phi) is 3.17. The molecule has 0 fully saturated rings. The van der Waals surface area contributed by atoms with E-state index in [-0.39, 0.29) is 17.2 Å². The first-order valence-electron chi connectivity index (χ1n) is 6.69. The van der Waals surface area contributed by atoms with Gasteiger partial charge in [-0.1, -0.05) is 6.92 Å². The number of phenols is 2. The summed E-state index contributed by atoms with van der Waals surface area (Å²) in [5, 5.41) is 38.2. The minimum Gasteiger partial charge on any atom is -0.508 e. The summed E-state index contributed by atoms with van der Waals surface area (Å²) in [6.45, 7) is 1.88. The minimum atomic E-state index is -0.482. The smallest absolute Gasteiger partial charge is 0.270 e. The SMILES string of the molecule is CCc1cc(-c2n[nH]c3ccc([N+](=O)[O-])cc23)c(O)cc1O. The lowest BCUT2D eigenvalue weighted by Crippen LogP contribution is -1.88. The van der Waals surface area contributed by atoms with Gasteiger partial charge in [0.25, 0.3) is 5.69 Å². The highest BCUT2D eigenvalue weighted by molar-refractivity contribution is 5.95. The van der Waals surface area contributed by atoms with E-state index in [1.165, 1.54) is 18.2 Å². The van der Waals surface area contributed by atoms with Crippen molar-refractivity contribution in [3.63, 3.8) is 0 Å². The average Bonchev–Trinajstić information content (AvgIpc) is 2.90. The van der Waals surface area contributed by atoms with E-state index in [1.54, 1.807) is 12.1 Å². The van der Waals surface area contributed by atoms with Gasteiger partial charge in [0.05, 0.1) is 10.4 Å². The summed E-state index contributed by atoms with van der Waals surface area (Å²) in [4.78, 5) is 10.4. The fourth-order valence-electron chi connectivity index (χ4n) is 2.42. The van der Waals surface area contributed by atoms with E-state index in [1.807, 2.05) is 6.92 Å². The standard InChI is InChI=1S/C15H13N3O4/c1-2-8-5-11(14(20)7-13(8)19)15-10-6-9(18(21)22)3-4-12(10)16-17-15/h3-7,19-20H,2H2,1H3,(H,16,17). The van der Waals surface area contributed by atoms with Crippen LogP contribution in [0, 0.1) is 10.1 Å². The van der Waals surface area contributed by atoms with Crippen molar-refractivity contribution in [1.29, 1.82) is 0 Å². The molecule has 0 radical (unpaired) electrons. The highest BCUT2D eigenvalue weighted by Gasteiger charge is 2.17. The van der Waals surface area contributed by atoms with E-state index >= 15 is 0 Å². The normalized spacial score (nSPS) is 11.0. The molecule has 3 N–H and O–H groups in total. The van der Waals surface area contributed by atoms with Crippen LogP contribution in [0.3, 0.4) is 0 Å². The van der Waals surface area contributed by atoms with E-state index in [4.69, 9.17) is 0 Å². The van der Waals surface area contributed by atoms with Gasteiger partial charge in [0.15, 0.2) is 0 Å². The zero-order valence-electron chi connectivity index (χ0n) is 11.7. The number of phenolic OH excluding ortho intramolecular Hbond substituents is 2. The number of hydrogen-bond acceptors (Lipinski definition) is 5. The summed E-state index contributed by atoms with van der Waals surface area (Å²) < 4.78 is 0. The van der Waals surface area contributed by atoms with Crippen LogP contribution in [0.1, 0.15) is 12.5 Å². The number of nitro groups is 1. The molecule has 1 heterocycles. The third kappa shape index (κ3) is 2.12. The second-order valence-electron chi connectivity index (χ2n) is 4.91. The highest BCUT2D eigenvalue weighted by atomic mass is 16.6. The molecule has 0 saturated heterocycles. The number of fused-ring (bicyclic) bond motifs is 1. The van der Waals surface area contributed by atoms with Gasteiger partial charge in [-0.05, 0) is 24.1 Å². The maximum atomic E-state index is 10.9. The van der Waals surface area contributed by atoms with Crippen molar-refractivity contribution < 1.29 is 15.1 Å². The number of aromatic hydroxyl groups is 2. The number of H-pyrrole nitrogens is 1. The van der Waals surface area contributed by atoms with E-state index in [2.05, 4.69) is 10.2 Å². The Morgan fingerprint density at radius 1 is 1.23 bits per heavy atom. The number of non-ortho nitro benzene ring substituents is 1. The monoisotopic (exact) mass is 299 g/mol. The zero-order valence-corrected chi connectivity index (χ0v) is 11.7. The van der Waals surface area contributed by atoms with Gasteiger partial charge in [0.2, 0.25) is 0 Å². The summed E-state index contributed by atoms with van der Waals surface area (Å²) >= 11 is 0. The van der Waals surface area contributed by atoms with E-state index < -0.39 is 4.92 Å². The van der Waals surface area contributed by atoms with Crippen LogP contribution in [0.2, 0.25) is 0 Å². The molecule has 0 saturated carbocycles. The lowest BCUT2D eigenvalue weighted by molar-refractivity contribution is -0.384. The number of aromatic nitrogens is 2. The molecule has 0 spiro atoms. The predicted octanol–water partition coefficient (Wildman–Crippen LogP) is 3.11. The molecule has 0 aliphatic rings. The maximum Gasteiger partial charge on any atom is 0.270 e. The Hall–Kier alpha value is -3.09. The molecule has 2 aromatic carbocycles. The third-order valence-electron chi connectivity index (χ3n) is 3.59. The maximum absolute atomic E-state index is 10.9. The minimum absolute atomic E-state index is 0.00886. The number of nitrogens with zero attached hydrogens (tertiary/aromatic N) is 2. The molecule has 1 aromatic heterocycles. The quantitative estimate of drug-likeness (QED) is 0.508. The van der Waals surface area contributed by atoms with Crippen LogP contribution >= 0.6 is 0 Å². The zero-order chi connectivity index (χ0) is 15.9. The number of hydrogen-bond donors (Lipinski definition) is 3. The summed E-state index contributed by atoms with van der Waals surface area (Å²) in [6.07, 6.45) is 0.585. The van der Waals surface area contributed by atoms with Crippen LogP contribution < -0.4 is 0 Å². The number of rotatable bonds is 3. The molecule has 0 unspecified atom stereocenters. The number of aromatic amines is 1. The summed E-state index contributed by atoms with van der Waals surface area (Å²) in [6, 6.07) is 7.26. The molecule has 0 atom stereocenters. The van der Waals surface area contributed by atoms with Gasteiger partial charge >= 0.3 is 0 Å². The molecular formula is C15H13N3O4. The first kappa shape index (κ1) is 13.9. The molecule has 7 heteroatoms. The Balaban J connectivity index is 2.26. The van der Waals surface area contributed by atoms with E-state index in [0.29, 0.717) is 34.1 Å². The van der Waals surface area contributed by atoms with Crippen LogP contribution in [0.25, 0.3) is 22.2 Å². The molecule has 0 amide bonds. The third-order valence-corrected chi connectivity index (χ3v) is 3.59. The molecule has 3 aromatic rings. The Bertz CT molecular complexity index is 886. The second-order valence-corrected chi connectivity index (χ2v) is 4.91. The Morgan fingerprint density at radius 2 is 2.00 bits per heavy atom. The summed E-state index contributed by atoms with van der Waals surface area (Å²) in [7, 11) is 0. The molecular weight excluding hydrogens is 286 g/mol. The Morgan fingerprint density at radius 3 is 2.68 bits per heavy atom. The molecule has 3 rings (SSSR count). The van der Waals surface area contributed by atoms with Gasteiger partial charge in [-0.2, -0.15) is 5.10 Å². The Labute approximate surface area is 125 Å². The summed E-state index contributed by atoms with van der Waals surface area (Å²) in [5.41, 5.74) is 2.07. The van der Waals surface area contributed by atoms with Crippen molar-refractivity contribution >= 4 is 16.6 Å². The molecule has 7 nitrogen and oxygen atoms in total. The molecule has 0 bridgehead atoms. The van der Waals surface area contributed by atoms with Crippen molar-refractivity contribution in [3.05, 3.63) is 46.0 Å². The molecule has 112 valence electrons. The first-order chi connectivity index (χ1) is 10.5. The first-order valence-corrected chi connectivity index (χ1v) is 6.69. The molecule has 0 aliphatic carbocycles. The van der Waals surface area contributed by atoms with Crippen molar-refractivity contribution in [1.82, 2.24) is 10.2 Å². The topological polar surface area (TPSA) is 112 Å². The van der Waals surface area contributed by atoms with Crippen LogP contribution in [0.4, 0.5) is 5.69 Å². The summed E-state index contributed by atoms with van der Waals surface area (Å²) in [5.74, 6) is -0.121. The lowest BCUT2D eigenvalue weighted by Gasteiger charge is -2.07. The van der Waals surface area contributed by atoms with Crippen LogP contribution in [0.5, 0.6) is 11.5 Å². The van der Waals surface area contributed by atoms with Crippen molar-refractivity contribution in [2.75, 3.05) is 0 Å². The number of aryl methyl sites for hydroxylation is 1. The van der Waals surface area contributed by atoms with Gasteiger partial charge in [-0.3, -0.25) is 15.2 Å². The second kappa shape index (κ2) is 5.03. The van der Waals surface area contributed by atoms with E-state index in [0.717, 1.165) is 0 Å². The van der Waals surface area contributed by atoms with Crippen LogP contribution in [-0.4, -0.2) is 25.3 Å². The van der Waals surface area contributed by atoms with Gasteiger partial charge < -0.3 is 10.2 Å². The van der Waals surface area contributed by atoms with Gasteiger partial charge in [0, 0.05) is 29.1 Å².